The van der Waals surface area contributed by atoms with E-state index in [1.165, 1.54) is 0 Å². The van der Waals surface area contributed by atoms with Crippen LogP contribution < -0.4 is 15.8 Å². The monoisotopic (exact) mass is 326 g/mol. The van der Waals surface area contributed by atoms with E-state index >= 15 is 0 Å². The standard InChI is InChI=1S/C18H22N4O2/c19-12-14-8-9-20-17(11-14)24-16-7-4-10-22(13-16)18(23)21-15-5-2-1-3-6-15/h1-3,5-6,8-9,11,16H,4,7,10,12-13,19H2,(H,21,23)/t16-/m0/s1. The lowest BCUT2D eigenvalue weighted by molar-refractivity contribution is 0.102. The highest BCUT2D eigenvalue weighted by Gasteiger charge is 2.25. The van der Waals surface area contributed by atoms with Crippen molar-refractivity contribution < 1.29 is 9.53 Å². The van der Waals surface area contributed by atoms with E-state index in [4.69, 9.17) is 10.5 Å². The number of nitrogens with zero attached hydrogens (tertiary/aromatic N) is 2. The van der Waals surface area contributed by atoms with Crippen molar-refractivity contribution in [1.29, 1.82) is 0 Å². The second-order valence-corrected chi connectivity index (χ2v) is 5.83. The van der Waals surface area contributed by atoms with Crippen LogP contribution in [0.2, 0.25) is 0 Å². The number of benzene rings is 1. The summed E-state index contributed by atoms with van der Waals surface area (Å²) in [5.74, 6) is 0.563. The number of nitrogens with two attached hydrogens (primary N) is 1. The third-order valence-electron chi connectivity index (χ3n) is 4.01. The second kappa shape index (κ2) is 7.79. The number of carbonyl (C=O) groups excluding carboxylic acids is 1. The Hall–Kier alpha value is -2.60. The fourth-order valence-electron chi connectivity index (χ4n) is 2.76. The maximum atomic E-state index is 12.4. The van der Waals surface area contributed by atoms with E-state index in [1.54, 1.807) is 11.1 Å². The number of hydrogen-bond donors (Lipinski definition) is 2. The zero-order valence-electron chi connectivity index (χ0n) is 13.5. The Morgan fingerprint density at radius 3 is 2.96 bits per heavy atom. The van der Waals surface area contributed by atoms with Gasteiger partial charge in [0, 0.05) is 31.0 Å². The zero-order chi connectivity index (χ0) is 16.8. The van der Waals surface area contributed by atoms with Gasteiger partial charge in [-0.1, -0.05) is 18.2 Å². The first kappa shape index (κ1) is 16.3. The molecule has 1 aliphatic heterocycles. The van der Waals surface area contributed by atoms with Crippen molar-refractivity contribution in [2.24, 2.45) is 5.73 Å². The molecule has 2 aromatic rings. The molecule has 2 amide bonds. The van der Waals surface area contributed by atoms with Gasteiger partial charge in [-0.2, -0.15) is 0 Å². The van der Waals surface area contributed by atoms with Gasteiger partial charge in [0.25, 0.3) is 0 Å². The smallest absolute Gasteiger partial charge is 0.321 e. The number of rotatable bonds is 4. The number of anilines is 1. The molecule has 1 saturated heterocycles. The Morgan fingerprint density at radius 1 is 1.33 bits per heavy atom. The van der Waals surface area contributed by atoms with Crippen molar-refractivity contribution >= 4 is 11.7 Å². The number of pyridine rings is 1. The Labute approximate surface area is 141 Å². The number of amides is 2. The maximum absolute atomic E-state index is 12.4. The largest absolute Gasteiger partial charge is 0.472 e. The first-order chi connectivity index (χ1) is 11.7. The van der Waals surface area contributed by atoms with Gasteiger partial charge in [0.2, 0.25) is 5.88 Å². The Balaban J connectivity index is 1.58. The van der Waals surface area contributed by atoms with E-state index in [9.17, 15) is 4.79 Å². The van der Waals surface area contributed by atoms with E-state index in [-0.39, 0.29) is 12.1 Å². The number of likely N-dealkylation sites (tertiary alicyclic amines) is 1. The average Bonchev–Trinajstić information content (AvgIpc) is 2.63. The van der Waals surface area contributed by atoms with E-state index < -0.39 is 0 Å². The van der Waals surface area contributed by atoms with Gasteiger partial charge in [-0.05, 0) is 36.6 Å². The molecule has 24 heavy (non-hydrogen) atoms. The normalized spacial score (nSPS) is 17.4. The molecule has 1 aromatic carbocycles. The number of para-hydroxylation sites is 1. The number of nitrogens with one attached hydrogen (secondary N) is 1. The van der Waals surface area contributed by atoms with Crippen LogP contribution in [0.25, 0.3) is 0 Å². The molecular formula is C18H22N4O2. The lowest BCUT2D eigenvalue weighted by Gasteiger charge is -2.32. The fourth-order valence-corrected chi connectivity index (χ4v) is 2.76. The van der Waals surface area contributed by atoms with Crippen molar-refractivity contribution in [3.8, 4) is 5.88 Å². The third-order valence-corrected chi connectivity index (χ3v) is 4.01. The topological polar surface area (TPSA) is 80.5 Å². The molecule has 6 nitrogen and oxygen atoms in total. The predicted molar refractivity (Wildman–Crippen MR) is 92.8 cm³/mol. The zero-order valence-corrected chi connectivity index (χ0v) is 13.5. The van der Waals surface area contributed by atoms with Crippen molar-refractivity contribution in [3.63, 3.8) is 0 Å². The van der Waals surface area contributed by atoms with Crippen LogP contribution in [0.1, 0.15) is 18.4 Å². The second-order valence-electron chi connectivity index (χ2n) is 5.83. The molecule has 1 aliphatic rings. The molecule has 0 saturated carbocycles. The summed E-state index contributed by atoms with van der Waals surface area (Å²) in [5, 5.41) is 2.91. The number of carbonyl (C=O) groups is 1. The number of urea groups is 1. The van der Waals surface area contributed by atoms with E-state index in [1.807, 2.05) is 42.5 Å². The lowest BCUT2D eigenvalue weighted by atomic mass is 10.1. The van der Waals surface area contributed by atoms with Crippen LogP contribution in [0.15, 0.2) is 48.7 Å². The molecule has 3 rings (SSSR count). The minimum atomic E-state index is -0.0989. The first-order valence-corrected chi connectivity index (χ1v) is 8.17. The van der Waals surface area contributed by atoms with Crippen LogP contribution in [-0.2, 0) is 6.54 Å². The highest BCUT2D eigenvalue weighted by Crippen LogP contribution is 2.18. The lowest BCUT2D eigenvalue weighted by Crippen LogP contribution is -2.46. The molecular weight excluding hydrogens is 304 g/mol. The van der Waals surface area contributed by atoms with Gasteiger partial charge in [-0.15, -0.1) is 0 Å². The van der Waals surface area contributed by atoms with Gasteiger partial charge in [-0.3, -0.25) is 0 Å². The number of aromatic nitrogens is 1. The molecule has 1 fully saturated rings. The quantitative estimate of drug-likeness (QED) is 0.905. The maximum Gasteiger partial charge on any atom is 0.321 e. The van der Waals surface area contributed by atoms with Crippen molar-refractivity contribution in [2.45, 2.75) is 25.5 Å². The molecule has 1 atom stereocenters. The number of ether oxygens (including phenoxy) is 1. The van der Waals surface area contributed by atoms with Gasteiger partial charge in [0.1, 0.15) is 6.10 Å². The molecule has 6 heteroatoms. The summed E-state index contributed by atoms with van der Waals surface area (Å²) in [4.78, 5) is 18.4. The van der Waals surface area contributed by atoms with Crippen LogP contribution in [0, 0.1) is 0 Å². The van der Waals surface area contributed by atoms with E-state index in [0.29, 0.717) is 19.0 Å². The Kier molecular flexibility index (Phi) is 5.28. The summed E-state index contributed by atoms with van der Waals surface area (Å²) < 4.78 is 5.94. The van der Waals surface area contributed by atoms with Crippen LogP contribution in [0.5, 0.6) is 5.88 Å². The first-order valence-electron chi connectivity index (χ1n) is 8.17. The molecule has 0 unspecified atom stereocenters. The van der Waals surface area contributed by atoms with Gasteiger partial charge in [0.15, 0.2) is 0 Å². The highest BCUT2D eigenvalue weighted by molar-refractivity contribution is 5.89. The van der Waals surface area contributed by atoms with Gasteiger partial charge < -0.3 is 20.7 Å². The van der Waals surface area contributed by atoms with Gasteiger partial charge >= 0.3 is 6.03 Å². The molecule has 0 spiro atoms. The van der Waals surface area contributed by atoms with Gasteiger partial charge in [-0.25, -0.2) is 9.78 Å². The molecule has 2 heterocycles. The van der Waals surface area contributed by atoms with Crippen molar-refractivity contribution in [1.82, 2.24) is 9.88 Å². The molecule has 126 valence electrons. The molecule has 0 aliphatic carbocycles. The third kappa shape index (κ3) is 4.23. The summed E-state index contributed by atoms with van der Waals surface area (Å²) in [6.45, 7) is 1.73. The van der Waals surface area contributed by atoms with E-state index in [0.717, 1.165) is 30.6 Å². The minimum absolute atomic E-state index is 0.0548. The van der Waals surface area contributed by atoms with E-state index in [2.05, 4.69) is 10.3 Å². The Morgan fingerprint density at radius 2 is 2.17 bits per heavy atom. The number of piperidine rings is 1. The van der Waals surface area contributed by atoms with Gasteiger partial charge in [0.05, 0.1) is 6.54 Å². The molecule has 0 bridgehead atoms. The summed E-state index contributed by atoms with van der Waals surface area (Å²) in [6.07, 6.45) is 3.45. The van der Waals surface area contributed by atoms with Crippen LogP contribution in [0.3, 0.4) is 0 Å². The summed E-state index contributed by atoms with van der Waals surface area (Å²) in [7, 11) is 0. The Bertz CT molecular complexity index is 678. The average molecular weight is 326 g/mol. The summed E-state index contributed by atoms with van der Waals surface area (Å²) in [6, 6.07) is 13.1. The van der Waals surface area contributed by atoms with Crippen LogP contribution in [-0.4, -0.2) is 35.1 Å². The van der Waals surface area contributed by atoms with Crippen molar-refractivity contribution in [2.75, 3.05) is 18.4 Å². The summed E-state index contributed by atoms with van der Waals surface area (Å²) in [5.41, 5.74) is 7.42. The van der Waals surface area contributed by atoms with Crippen LogP contribution >= 0.6 is 0 Å². The minimum Gasteiger partial charge on any atom is -0.472 e. The van der Waals surface area contributed by atoms with Crippen LogP contribution in [0.4, 0.5) is 10.5 Å². The SMILES string of the molecule is NCc1ccnc(O[C@H]2CCCN(C(=O)Nc3ccccc3)C2)c1. The van der Waals surface area contributed by atoms with Crippen molar-refractivity contribution in [3.05, 3.63) is 54.2 Å². The fraction of sp³-hybridized carbons (Fsp3) is 0.333. The number of hydrogen-bond acceptors (Lipinski definition) is 4. The summed E-state index contributed by atoms with van der Waals surface area (Å²) >= 11 is 0. The predicted octanol–water partition coefficient (Wildman–Crippen LogP) is 2.62. The molecule has 1 aromatic heterocycles. The highest BCUT2D eigenvalue weighted by atomic mass is 16.5. The molecule has 0 radical (unpaired) electrons. The molecule has 3 N–H and O–H groups in total.